The van der Waals surface area contributed by atoms with Crippen molar-refractivity contribution in [1.29, 1.82) is 0 Å². The fourth-order valence-corrected chi connectivity index (χ4v) is 1.87. The molecule has 4 nitrogen and oxygen atoms in total. The van der Waals surface area contributed by atoms with Crippen molar-refractivity contribution in [1.82, 2.24) is 9.97 Å². The number of nitrogens with two attached hydrogens (primary N) is 1. The minimum atomic E-state index is 0.244. The van der Waals surface area contributed by atoms with E-state index in [0.29, 0.717) is 5.82 Å². The third-order valence-corrected chi connectivity index (χ3v) is 3.35. The van der Waals surface area contributed by atoms with Crippen molar-refractivity contribution in [2.75, 3.05) is 11.1 Å². The van der Waals surface area contributed by atoms with Gasteiger partial charge in [-0.3, -0.25) is 0 Å². The Kier molecular flexibility index (Phi) is 4.04. The number of nitrogen functional groups attached to an aromatic ring is 1. The van der Waals surface area contributed by atoms with Crippen LogP contribution in [-0.2, 0) is 0 Å². The summed E-state index contributed by atoms with van der Waals surface area (Å²) in [6.45, 7) is 6.02. The van der Waals surface area contributed by atoms with Crippen LogP contribution < -0.4 is 11.1 Å². The lowest BCUT2D eigenvalue weighted by Gasteiger charge is -2.13. The van der Waals surface area contributed by atoms with Crippen molar-refractivity contribution >= 4 is 33.3 Å². The molecule has 2 rings (SSSR count). The number of aromatic nitrogens is 2. The molecule has 0 aliphatic heterocycles. The van der Waals surface area contributed by atoms with E-state index in [-0.39, 0.29) is 5.92 Å². The Hall–Kier alpha value is -1.62. The van der Waals surface area contributed by atoms with Gasteiger partial charge in [0.25, 0.3) is 0 Å². The zero-order valence-electron chi connectivity index (χ0n) is 11.2. The second kappa shape index (κ2) is 5.57. The predicted molar refractivity (Wildman–Crippen MR) is 82.7 cm³/mol. The van der Waals surface area contributed by atoms with Crippen molar-refractivity contribution in [2.24, 2.45) is 0 Å². The van der Waals surface area contributed by atoms with Crippen molar-refractivity contribution in [3.63, 3.8) is 0 Å². The second-order valence-electron chi connectivity index (χ2n) is 4.73. The van der Waals surface area contributed by atoms with Gasteiger partial charge in [-0.1, -0.05) is 29.8 Å². The Bertz CT molecular complexity index is 579. The molecule has 0 saturated heterocycles. The zero-order valence-corrected chi connectivity index (χ0v) is 12.8. The minimum absolute atomic E-state index is 0.244. The summed E-state index contributed by atoms with van der Waals surface area (Å²) >= 11 is 3.41. The van der Waals surface area contributed by atoms with Crippen LogP contribution in [0.4, 0.5) is 17.3 Å². The fourth-order valence-electron chi connectivity index (χ4n) is 1.60. The van der Waals surface area contributed by atoms with Gasteiger partial charge in [-0.15, -0.1) is 0 Å². The molecule has 1 heterocycles. The summed E-state index contributed by atoms with van der Waals surface area (Å²) in [5.41, 5.74) is 7.78. The van der Waals surface area contributed by atoms with E-state index >= 15 is 0 Å². The van der Waals surface area contributed by atoms with Crippen LogP contribution >= 0.6 is 15.9 Å². The van der Waals surface area contributed by atoms with Gasteiger partial charge in [0.15, 0.2) is 0 Å². The monoisotopic (exact) mass is 320 g/mol. The van der Waals surface area contributed by atoms with Gasteiger partial charge in [0.05, 0.1) is 0 Å². The van der Waals surface area contributed by atoms with E-state index < -0.39 is 0 Å². The van der Waals surface area contributed by atoms with Crippen LogP contribution in [0.15, 0.2) is 28.7 Å². The van der Waals surface area contributed by atoms with Gasteiger partial charge in [-0.25, -0.2) is 9.97 Å². The quantitative estimate of drug-likeness (QED) is 0.897. The van der Waals surface area contributed by atoms with E-state index in [1.807, 2.05) is 45.0 Å². The SMILES string of the molecule is Cc1c(N)nc(C(C)C)nc1Nc1ccc(Br)cc1. The molecule has 19 heavy (non-hydrogen) atoms. The molecule has 3 N–H and O–H groups in total. The highest BCUT2D eigenvalue weighted by atomic mass is 79.9. The number of hydrogen-bond acceptors (Lipinski definition) is 4. The summed E-state index contributed by atoms with van der Waals surface area (Å²) in [6.07, 6.45) is 0. The summed E-state index contributed by atoms with van der Waals surface area (Å²) in [4.78, 5) is 8.84. The van der Waals surface area contributed by atoms with Crippen LogP contribution in [0.3, 0.4) is 0 Å². The van der Waals surface area contributed by atoms with Gasteiger partial charge in [0, 0.05) is 21.6 Å². The number of nitrogens with zero attached hydrogens (tertiary/aromatic N) is 2. The van der Waals surface area contributed by atoms with Gasteiger partial charge >= 0.3 is 0 Å². The Morgan fingerprint density at radius 3 is 2.37 bits per heavy atom. The molecule has 0 unspecified atom stereocenters. The molecule has 0 amide bonds. The second-order valence-corrected chi connectivity index (χ2v) is 5.64. The number of halogens is 1. The van der Waals surface area contributed by atoms with Crippen LogP contribution in [0.5, 0.6) is 0 Å². The van der Waals surface area contributed by atoms with Crippen LogP contribution in [0.1, 0.15) is 31.2 Å². The van der Waals surface area contributed by atoms with Crippen molar-refractivity contribution in [3.05, 3.63) is 40.1 Å². The lowest BCUT2D eigenvalue weighted by atomic mass is 10.2. The lowest BCUT2D eigenvalue weighted by Crippen LogP contribution is -2.08. The lowest BCUT2D eigenvalue weighted by molar-refractivity contribution is 0.776. The molecule has 1 aromatic carbocycles. The molecule has 0 fully saturated rings. The van der Waals surface area contributed by atoms with E-state index in [9.17, 15) is 0 Å². The number of anilines is 3. The van der Waals surface area contributed by atoms with Crippen molar-refractivity contribution in [3.8, 4) is 0 Å². The van der Waals surface area contributed by atoms with E-state index in [0.717, 1.165) is 27.4 Å². The van der Waals surface area contributed by atoms with Crippen molar-refractivity contribution in [2.45, 2.75) is 26.7 Å². The predicted octanol–water partition coefficient (Wildman–Crippen LogP) is 4.00. The van der Waals surface area contributed by atoms with Gasteiger partial charge in [0.1, 0.15) is 17.5 Å². The maximum atomic E-state index is 5.94. The van der Waals surface area contributed by atoms with E-state index in [1.54, 1.807) is 0 Å². The summed E-state index contributed by atoms with van der Waals surface area (Å²) < 4.78 is 1.04. The first-order valence-corrected chi connectivity index (χ1v) is 6.93. The number of hydrogen-bond donors (Lipinski definition) is 2. The van der Waals surface area contributed by atoms with Crippen LogP contribution in [0.25, 0.3) is 0 Å². The average Bonchev–Trinajstić information content (AvgIpc) is 2.37. The third-order valence-electron chi connectivity index (χ3n) is 2.82. The minimum Gasteiger partial charge on any atom is -0.383 e. The van der Waals surface area contributed by atoms with E-state index in [1.165, 1.54) is 0 Å². The maximum absolute atomic E-state index is 5.94. The molecule has 0 spiro atoms. The van der Waals surface area contributed by atoms with Crippen molar-refractivity contribution < 1.29 is 0 Å². The average molecular weight is 321 g/mol. The number of benzene rings is 1. The van der Waals surface area contributed by atoms with Gasteiger partial charge < -0.3 is 11.1 Å². The third kappa shape index (κ3) is 3.23. The molecule has 2 aromatic rings. The largest absolute Gasteiger partial charge is 0.383 e. The van der Waals surface area contributed by atoms with Gasteiger partial charge in [-0.2, -0.15) is 0 Å². The standard InChI is InChI=1S/C14H17BrN4/c1-8(2)13-18-12(16)9(3)14(19-13)17-11-6-4-10(15)5-7-11/h4-8H,1-3H3,(H3,16,17,18,19). The topological polar surface area (TPSA) is 63.8 Å². The molecule has 0 atom stereocenters. The highest BCUT2D eigenvalue weighted by Gasteiger charge is 2.11. The molecule has 0 aliphatic rings. The summed E-state index contributed by atoms with van der Waals surface area (Å²) in [5, 5.41) is 3.28. The Morgan fingerprint density at radius 1 is 1.16 bits per heavy atom. The molecule has 0 aliphatic carbocycles. The first-order chi connectivity index (χ1) is 8.97. The summed E-state index contributed by atoms with van der Waals surface area (Å²) in [7, 11) is 0. The molecule has 5 heteroatoms. The van der Waals surface area contributed by atoms with E-state index in [4.69, 9.17) is 5.73 Å². The maximum Gasteiger partial charge on any atom is 0.139 e. The van der Waals surface area contributed by atoms with Gasteiger partial charge in [-0.05, 0) is 31.2 Å². The Balaban J connectivity index is 2.36. The number of rotatable bonds is 3. The van der Waals surface area contributed by atoms with Crippen LogP contribution in [-0.4, -0.2) is 9.97 Å². The highest BCUT2D eigenvalue weighted by Crippen LogP contribution is 2.24. The molecule has 1 aromatic heterocycles. The molecule has 0 radical (unpaired) electrons. The fraction of sp³-hybridized carbons (Fsp3) is 0.286. The van der Waals surface area contributed by atoms with Crippen LogP contribution in [0, 0.1) is 6.92 Å². The summed E-state index contributed by atoms with van der Waals surface area (Å²) in [6, 6.07) is 7.92. The molecule has 100 valence electrons. The smallest absolute Gasteiger partial charge is 0.139 e. The highest BCUT2D eigenvalue weighted by molar-refractivity contribution is 9.10. The first-order valence-electron chi connectivity index (χ1n) is 6.14. The number of nitrogens with one attached hydrogen (secondary N) is 1. The Morgan fingerprint density at radius 2 is 1.79 bits per heavy atom. The van der Waals surface area contributed by atoms with E-state index in [2.05, 4.69) is 31.2 Å². The Labute approximate surface area is 121 Å². The molecule has 0 bridgehead atoms. The molecule has 0 saturated carbocycles. The normalized spacial score (nSPS) is 10.8. The molecular weight excluding hydrogens is 304 g/mol. The molecular formula is C14H17BrN4. The first kappa shape index (κ1) is 13.8. The van der Waals surface area contributed by atoms with Crippen LogP contribution in [0.2, 0.25) is 0 Å². The zero-order chi connectivity index (χ0) is 14.0. The van der Waals surface area contributed by atoms with Gasteiger partial charge in [0.2, 0.25) is 0 Å². The summed E-state index contributed by atoms with van der Waals surface area (Å²) in [5.74, 6) is 2.29.